The summed E-state index contributed by atoms with van der Waals surface area (Å²) in [4.78, 5) is 16.9. The van der Waals surface area contributed by atoms with Crippen LogP contribution in [0.5, 0.6) is 0 Å². The van der Waals surface area contributed by atoms with Crippen LogP contribution in [0.25, 0.3) is 0 Å². The molecule has 1 amide bonds. The van der Waals surface area contributed by atoms with E-state index in [-0.39, 0.29) is 5.91 Å². The van der Waals surface area contributed by atoms with Crippen molar-refractivity contribution in [1.29, 1.82) is 0 Å². The van der Waals surface area contributed by atoms with Crippen LogP contribution in [0.3, 0.4) is 0 Å². The van der Waals surface area contributed by atoms with E-state index >= 15 is 0 Å². The Morgan fingerprint density at radius 2 is 1.65 bits per heavy atom. The van der Waals surface area contributed by atoms with Gasteiger partial charge in [-0.1, -0.05) is 23.7 Å². The maximum atomic E-state index is 12.2. The number of amides is 1. The second-order valence-corrected chi connectivity index (χ2v) is 6.18. The normalized spacial score (nSPS) is 15.5. The van der Waals surface area contributed by atoms with Gasteiger partial charge >= 0.3 is 0 Å². The maximum Gasteiger partial charge on any atom is 0.257 e. The minimum Gasteiger partial charge on any atom is -0.369 e. The van der Waals surface area contributed by atoms with E-state index in [0.717, 1.165) is 31.9 Å². The first kappa shape index (κ1) is 15.8. The second kappa shape index (κ2) is 7.02. The predicted molar refractivity (Wildman–Crippen MR) is 95.6 cm³/mol. The van der Waals surface area contributed by atoms with Gasteiger partial charge in [-0.2, -0.15) is 0 Å². The molecule has 0 radical (unpaired) electrons. The third-order valence-corrected chi connectivity index (χ3v) is 4.44. The molecule has 120 valence electrons. The molecule has 0 aromatic heterocycles. The summed E-state index contributed by atoms with van der Waals surface area (Å²) in [7, 11) is 2.14. The van der Waals surface area contributed by atoms with Gasteiger partial charge in [-0.3, -0.25) is 4.79 Å². The number of hydrogen-bond acceptors (Lipinski definition) is 3. The van der Waals surface area contributed by atoms with Gasteiger partial charge < -0.3 is 15.1 Å². The van der Waals surface area contributed by atoms with Crippen LogP contribution in [0.2, 0.25) is 5.02 Å². The maximum absolute atomic E-state index is 12.2. The molecular formula is C18H20ClN3O. The summed E-state index contributed by atoms with van der Waals surface area (Å²) in [6.45, 7) is 4.21. The van der Waals surface area contributed by atoms with Crippen molar-refractivity contribution in [3.8, 4) is 0 Å². The van der Waals surface area contributed by atoms with Gasteiger partial charge in [0.05, 0.1) is 10.6 Å². The summed E-state index contributed by atoms with van der Waals surface area (Å²) in [6.07, 6.45) is 0. The molecule has 0 bridgehead atoms. The molecule has 1 fully saturated rings. The topological polar surface area (TPSA) is 35.6 Å². The lowest BCUT2D eigenvalue weighted by molar-refractivity contribution is 0.102. The number of nitrogens with zero attached hydrogens (tertiary/aromatic N) is 2. The molecule has 1 N–H and O–H groups in total. The van der Waals surface area contributed by atoms with Gasteiger partial charge in [-0.25, -0.2) is 0 Å². The predicted octanol–water partition coefficient (Wildman–Crippen LogP) is 3.34. The molecule has 1 heterocycles. The van der Waals surface area contributed by atoms with Gasteiger partial charge in [0.2, 0.25) is 0 Å². The van der Waals surface area contributed by atoms with Gasteiger partial charge in [0.1, 0.15) is 0 Å². The first-order valence-electron chi connectivity index (χ1n) is 7.73. The highest BCUT2D eigenvalue weighted by atomic mass is 35.5. The summed E-state index contributed by atoms with van der Waals surface area (Å²) in [6, 6.07) is 15.0. The van der Waals surface area contributed by atoms with E-state index in [1.807, 2.05) is 30.3 Å². The van der Waals surface area contributed by atoms with Crippen molar-refractivity contribution >= 4 is 28.9 Å². The number of piperazine rings is 1. The van der Waals surface area contributed by atoms with Crippen molar-refractivity contribution in [3.05, 3.63) is 59.1 Å². The Bertz CT molecular complexity index is 679. The van der Waals surface area contributed by atoms with E-state index in [1.54, 1.807) is 18.2 Å². The van der Waals surface area contributed by atoms with Gasteiger partial charge in [0, 0.05) is 37.6 Å². The minimum absolute atomic E-state index is 0.192. The molecule has 23 heavy (non-hydrogen) atoms. The van der Waals surface area contributed by atoms with Crippen LogP contribution >= 0.6 is 11.6 Å². The Kier molecular flexibility index (Phi) is 4.84. The van der Waals surface area contributed by atoms with Crippen molar-refractivity contribution in [1.82, 2.24) is 4.90 Å². The third kappa shape index (κ3) is 3.84. The Hall–Kier alpha value is -2.04. The first-order valence-corrected chi connectivity index (χ1v) is 8.11. The molecule has 0 aliphatic carbocycles. The monoisotopic (exact) mass is 329 g/mol. The Morgan fingerprint density at radius 3 is 2.30 bits per heavy atom. The quantitative estimate of drug-likeness (QED) is 0.938. The Balaban J connectivity index is 1.66. The van der Waals surface area contributed by atoms with Crippen LogP contribution in [-0.4, -0.2) is 44.0 Å². The Morgan fingerprint density at radius 1 is 1.00 bits per heavy atom. The molecule has 2 aromatic rings. The number of hydrogen-bond donors (Lipinski definition) is 1. The van der Waals surface area contributed by atoms with Gasteiger partial charge in [-0.15, -0.1) is 0 Å². The minimum atomic E-state index is -0.192. The van der Waals surface area contributed by atoms with Gasteiger partial charge in [0.15, 0.2) is 0 Å². The van der Waals surface area contributed by atoms with Crippen LogP contribution in [-0.2, 0) is 0 Å². The highest BCUT2D eigenvalue weighted by Gasteiger charge is 2.14. The summed E-state index contributed by atoms with van der Waals surface area (Å²) in [5.74, 6) is -0.192. The van der Waals surface area contributed by atoms with E-state index < -0.39 is 0 Å². The highest BCUT2D eigenvalue weighted by Crippen LogP contribution is 2.21. The van der Waals surface area contributed by atoms with Crippen molar-refractivity contribution in [3.63, 3.8) is 0 Å². The van der Waals surface area contributed by atoms with Crippen LogP contribution in [0.1, 0.15) is 10.4 Å². The molecule has 2 aromatic carbocycles. The standard InChI is InChI=1S/C18H20ClN3O/c1-21-10-12-22(13-11-21)15-8-6-14(7-9-15)20-18(23)16-4-2-3-5-17(16)19/h2-9H,10-13H2,1H3,(H,20,23). The van der Waals surface area contributed by atoms with Crippen LogP contribution in [0.15, 0.2) is 48.5 Å². The number of carbonyl (C=O) groups is 1. The molecule has 3 rings (SSSR count). The van der Waals surface area contributed by atoms with E-state index in [9.17, 15) is 4.79 Å². The summed E-state index contributed by atoms with van der Waals surface area (Å²) in [5.41, 5.74) is 2.44. The fraction of sp³-hybridized carbons (Fsp3) is 0.278. The molecule has 1 aliphatic heterocycles. The number of likely N-dealkylation sites (N-methyl/N-ethyl adjacent to an activating group) is 1. The number of benzene rings is 2. The molecular weight excluding hydrogens is 310 g/mol. The van der Waals surface area contributed by atoms with Gasteiger partial charge in [-0.05, 0) is 43.4 Å². The smallest absolute Gasteiger partial charge is 0.257 e. The van der Waals surface area contributed by atoms with E-state index in [0.29, 0.717) is 10.6 Å². The first-order chi connectivity index (χ1) is 11.1. The fourth-order valence-electron chi connectivity index (χ4n) is 2.66. The molecule has 0 saturated carbocycles. The summed E-state index contributed by atoms with van der Waals surface area (Å²) in [5, 5.41) is 3.34. The molecule has 0 unspecified atom stereocenters. The van der Waals surface area contributed by atoms with E-state index in [1.165, 1.54) is 5.69 Å². The van der Waals surface area contributed by atoms with E-state index in [4.69, 9.17) is 11.6 Å². The lowest BCUT2D eigenvalue weighted by Crippen LogP contribution is -2.44. The second-order valence-electron chi connectivity index (χ2n) is 5.77. The molecule has 4 nitrogen and oxygen atoms in total. The molecule has 0 atom stereocenters. The SMILES string of the molecule is CN1CCN(c2ccc(NC(=O)c3ccccc3Cl)cc2)CC1. The largest absolute Gasteiger partial charge is 0.369 e. The number of rotatable bonds is 3. The molecule has 0 spiro atoms. The summed E-state index contributed by atoms with van der Waals surface area (Å²) < 4.78 is 0. The zero-order valence-corrected chi connectivity index (χ0v) is 13.9. The number of halogens is 1. The zero-order valence-electron chi connectivity index (χ0n) is 13.1. The average Bonchev–Trinajstić information content (AvgIpc) is 2.57. The summed E-state index contributed by atoms with van der Waals surface area (Å²) >= 11 is 6.05. The lowest BCUT2D eigenvalue weighted by Gasteiger charge is -2.34. The van der Waals surface area contributed by atoms with Crippen LogP contribution < -0.4 is 10.2 Å². The lowest BCUT2D eigenvalue weighted by atomic mass is 10.2. The number of nitrogens with one attached hydrogen (secondary N) is 1. The van der Waals surface area contributed by atoms with Crippen LogP contribution in [0, 0.1) is 0 Å². The van der Waals surface area contributed by atoms with Crippen LogP contribution in [0.4, 0.5) is 11.4 Å². The molecule has 1 aliphatic rings. The molecule has 1 saturated heterocycles. The van der Waals surface area contributed by atoms with Crippen molar-refractivity contribution in [2.24, 2.45) is 0 Å². The molecule has 5 heteroatoms. The zero-order chi connectivity index (χ0) is 16.2. The van der Waals surface area contributed by atoms with E-state index in [2.05, 4.69) is 22.2 Å². The van der Waals surface area contributed by atoms with Crippen molar-refractivity contribution < 1.29 is 4.79 Å². The fourth-order valence-corrected chi connectivity index (χ4v) is 2.89. The third-order valence-electron chi connectivity index (χ3n) is 4.11. The highest BCUT2D eigenvalue weighted by molar-refractivity contribution is 6.34. The Labute approximate surface area is 141 Å². The van der Waals surface area contributed by atoms with Crippen molar-refractivity contribution in [2.75, 3.05) is 43.4 Å². The average molecular weight is 330 g/mol. The number of carbonyl (C=O) groups excluding carboxylic acids is 1. The van der Waals surface area contributed by atoms with Gasteiger partial charge in [0.25, 0.3) is 5.91 Å². The van der Waals surface area contributed by atoms with Crippen molar-refractivity contribution in [2.45, 2.75) is 0 Å². The number of anilines is 2.